The van der Waals surface area contributed by atoms with Gasteiger partial charge in [-0.05, 0) is 18.9 Å². The summed E-state index contributed by atoms with van der Waals surface area (Å²) in [6.45, 7) is 16.9. The Hall–Kier alpha value is 0.497. The van der Waals surface area contributed by atoms with Gasteiger partial charge in [0.1, 0.15) is 8.24 Å². The van der Waals surface area contributed by atoms with Crippen LogP contribution in [0.15, 0.2) is 0 Å². The highest BCUT2D eigenvalue weighted by Gasteiger charge is 2.32. The molecule has 0 bridgehead atoms. The topological polar surface area (TPSA) is 6.48 Å². The van der Waals surface area contributed by atoms with Crippen LogP contribution in [0.1, 0.15) is 27.7 Å². The van der Waals surface area contributed by atoms with E-state index in [4.69, 9.17) is 0 Å². The Morgan fingerprint density at radius 2 is 1.35 bits per heavy atom. The molecule has 0 N–H and O–H groups in total. The molecule has 5 heteroatoms. The van der Waals surface area contributed by atoms with E-state index in [0.717, 1.165) is 13.1 Å². The van der Waals surface area contributed by atoms with Gasteiger partial charge in [0.2, 0.25) is 8.53 Å². The lowest BCUT2D eigenvalue weighted by Gasteiger charge is -2.38. The molecule has 1 atom stereocenters. The summed E-state index contributed by atoms with van der Waals surface area (Å²) in [5.74, 6) is 1.04. The molecule has 0 amide bonds. The maximum absolute atomic E-state index is 14.6. The predicted octanol–water partition coefficient (Wildman–Crippen LogP) is 4.56. The van der Waals surface area contributed by atoms with E-state index in [1.54, 1.807) is 0 Å². The Kier molecular flexibility index (Phi) is 7.39. The van der Waals surface area contributed by atoms with E-state index >= 15 is 0 Å². The third kappa shape index (κ3) is 6.85. The minimum atomic E-state index is -1.63. The van der Waals surface area contributed by atoms with E-state index in [1.807, 2.05) is 16.1 Å². The molecule has 17 heavy (non-hydrogen) atoms. The van der Waals surface area contributed by atoms with Gasteiger partial charge in [-0.15, -0.1) is 0 Å². The Balaban J connectivity index is 4.67. The van der Waals surface area contributed by atoms with Crippen LogP contribution in [-0.4, -0.2) is 37.4 Å². The van der Waals surface area contributed by atoms with E-state index in [1.165, 1.54) is 0 Å². The third-order valence-electron chi connectivity index (χ3n) is 2.60. The van der Waals surface area contributed by atoms with Crippen molar-refractivity contribution in [1.29, 1.82) is 0 Å². The zero-order valence-electron chi connectivity index (χ0n) is 12.8. The molecule has 0 saturated carbocycles. The maximum Gasteiger partial charge on any atom is 0.229 e. The van der Waals surface area contributed by atoms with E-state index in [2.05, 4.69) is 47.3 Å². The predicted molar refractivity (Wildman–Crippen MR) is 80.4 cm³/mol. The Morgan fingerprint density at radius 3 is 1.59 bits per heavy atom. The van der Waals surface area contributed by atoms with Crippen LogP contribution in [0, 0.1) is 11.8 Å². The summed E-state index contributed by atoms with van der Waals surface area (Å²) in [6, 6.07) is 0. The van der Waals surface area contributed by atoms with Crippen molar-refractivity contribution in [2.75, 3.05) is 20.1 Å². The second kappa shape index (κ2) is 7.18. The van der Waals surface area contributed by atoms with Gasteiger partial charge in [-0.25, -0.2) is 4.67 Å². The molecule has 0 aromatic heterocycles. The standard InChI is InChI=1S/C12H30FN2PSi/c1-11(2)9-15(10-12(3)4)16(13)14(5)17(6,7)8/h11-12H,9-10H2,1-8H3. The average Bonchev–Trinajstić information content (AvgIpc) is 2.11. The van der Waals surface area contributed by atoms with Gasteiger partial charge < -0.3 is 0 Å². The lowest BCUT2D eigenvalue weighted by atomic mass is 10.2. The fraction of sp³-hybridized carbons (Fsp3) is 1.00. The van der Waals surface area contributed by atoms with Crippen LogP contribution >= 0.6 is 8.53 Å². The molecule has 0 spiro atoms. The first-order valence-corrected chi connectivity index (χ1v) is 11.1. The summed E-state index contributed by atoms with van der Waals surface area (Å²) in [6.07, 6.45) is 0. The minimum absolute atomic E-state index is 0.518. The molecule has 2 nitrogen and oxygen atoms in total. The van der Waals surface area contributed by atoms with Gasteiger partial charge in [-0.3, -0.25) is 4.34 Å². The maximum atomic E-state index is 14.6. The number of halogens is 1. The van der Waals surface area contributed by atoms with Crippen molar-refractivity contribution in [3.05, 3.63) is 0 Å². The largest absolute Gasteiger partial charge is 0.268 e. The van der Waals surface area contributed by atoms with Crippen LogP contribution in [0.5, 0.6) is 0 Å². The van der Waals surface area contributed by atoms with Crippen molar-refractivity contribution in [2.45, 2.75) is 47.3 Å². The molecule has 0 aliphatic rings. The zero-order valence-corrected chi connectivity index (χ0v) is 14.7. The first-order chi connectivity index (χ1) is 7.55. The van der Waals surface area contributed by atoms with E-state index < -0.39 is 16.8 Å². The zero-order chi connectivity index (χ0) is 13.8. The molecule has 0 aliphatic heterocycles. The number of hydrogen-bond donors (Lipinski definition) is 0. The highest BCUT2D eigenvalue weighted by Crippen LogP contribution is 2.48. The van der Waals surface area contributed by atoms with Crippen LogP contribution in [0.3, 0.4) is 0 Å². The first kappa shape index (κ1) is 17.5. The van der Waals surface area contributed by atoms with Gasteiger partial charge in [0.25, 0.3) is 0 Å². The highest BCUT2D eigenvalue weighted by atomic mass is 31.2. The van der Waals surface area contributed by atoms with Crippen molar-refractivity contribution in [1.82, 2.24) is 9.01 Å². The summed E-state index contributed by atoms with van der Waals surface area (Å²) >= 11 is 0. The Morgan fingerprint density at radius 1 is 1.00 bits per heavy atom. The van der Waals surface area contributed by atoms with Crippen molar-refractivity contribution in [2.24, 2.45) is 11.8 Å². The molecule has 1 unspecified atom stereocenters. The SMILES string of the molecule is CC(C)CN(CC(C)C)P(F)N(C)[Si](C)(C)C. The lowest BCUT2D eigenvalue weighted by molar-refractivity contribution is 0.331. The second-order valence-corrected chi connectivity index (χ2v) is 13.6. The van der Waals surface area contributed by atoms with Gasteiger partial charge in [-0.2, -0.15) is 4.20 Å². The smallest absolute Gasteiger partial charge is 0.229 e. The van der Waals surface area contributed by atoms with Crippen molar-refractivity contribution in [3.63, 3.8) is 0 Å². The summed E-state index contributed by atoms with van der Waals surface area (Å²) in [4.78, 5) is 0. The molecular formula is C12H30FN2PSi. The van der Waals surface area contributed by atoms with Crippen molar-refractivity contribution >= 4 is 16.8 Å². The van der Waals surface area contributed by atoms with E-state index in [-0.39, 0.29) is 0 Å². The van der Waals surface area contributed by atoms with Crippen LogP contribution in [0.25, 0.3) is 0 Å². The molecule has 0 aromatic rings. The molecule has 0 aliphatic carbocycles. The van der Waals surface area contributed by atoms with Gasteiger partial charge in [-0.1, -0.05) is 47.3 Å². The quantitative estimate of drug-likeness (QED) is 0.498. The number of rotatable bonds is 7. The van der Waals surface area contributed by atoms with Crippen LogP contribution in [0.4, 0.5) is 4.20 Å². The van der Waals surface area contributed by atoms with E-state index in [0.29, 0.717) is 11.8 Å². The van der Waals surface area contributed by atoms with Gasteiger partial charge in [0.05, 0.1) is 0 Å². The number of hydrogen-bond acceptors (Lipinski definition) is 2. The van der Waals surface area contributed by atoms with Gasteiger partial charge >= 0.3 is 0 Å². The fourth-order valence-electron chi connectivity index (χ4n) is 1.49. The Bertz CT molecular complexity index is 209. The van der Waals surface area contributed by atoms with E-state index in [9.17, 15) is 4.20 Å². The summed E-state index contributed by atoms with van der Waals surface area (Å²) < 4.78 is 18.7. The summed E-state index contributed by atoms with van der Waals surface area (Å²) in [5.41, 5.74) is 0. The molecule has 0 heterocycles. The van der Waals surface area contributed by atoms with Gasteiger partial charge in [0.15, 0.2) is 0 Å². The second-order valence-electron chi connectivity index (χ2n) is 6.59. The molecule has 0 saturated heterocycles. The third-order valence-corrected chi connectivity index (χ3v) is 8.13. The van der Waals surface area contributed by atoms with Crippen molar-refractivity contribution < 1.29 is 4.20 Å². The van der Waals surface area contributed by atoms with Crippen LogP contribution < -0.4 is 0 Å². The lowest BCUT2D eigenvalue weighted by Crippen LogP contribution is -2.43. The molecule has 0 aromatic carbocycles. The molecule has 0 rings (SSSR count). The first-order valence-electron chi connectivity index (χ1n) is 6.50. The fourth-order valence-corrected chi connectivity index (χ4v) is 5.15. The summed E-state index contributed by atoms with van der Waals surface area (Å²) in [7, 11) is -1.22. The monoisotopic (exact) mass is 280 g/mol. The van der Waals surface area contributed by atoms with Crippen LogP contribution in [0.2, 0.25) is 19.6 Å². The highest BCUT2D eigenvalue weighted by molar-refractivity contribution is 7.49. The normalized spacial score (nSPS) is 15.4. The molecule has 0 radical (unpaired) electrons. The molecular weight excluding hydrogens is 250 g/mol. The summed E-state index contributed by atoms with van der Waals surface area (Å²) in [5, 5.41) is 0. The van der Waals surface area contributed by atoms with Crippen LogP contribution in [-0.2, 0) is 0 Å². The molecule has 0 fully saturated rings. The molecule has 104 valence electrons. The Labute approximate surface area is 110 Å². The average molecular weight is 280 g/mol. The van der Waals surface area contributed by atoms with Gasteiger partial charge in [0, 0.05) is 13.1 Å². The minimum Gasteiger partial charge on any atom is -0.268 e. The number of nitrogens with zero attached hydrogens (tertiary/aromatic N) is 2. The van der Waals surface area contributed by atoms with Crippen molar-refractivity contribution in [3.8, 4) is 0 Å².